The minimum Gasteiger partial charge on any atom is -0.508 e. The number of hydrogen-bond acceptors (Lipinski definition) is 3. The molecule has 0 aromatic heterocycles. The van der Waals surface area contributed by atoms with Crippen molar-refractivity contribution in [3.8, 4) is 5.75 Å². The van der Waals surface area contributed by atoms with Crippen LogP contribution in [0.1, 0.15) is 17.2 Å². The molecule has 1 fully saturated rings. The van der Waals surface area contributed by atoms with Gasteiger partial charge in [-0.1, -0.05) is 35.9 Å². The molecule has 4 nitrogen and oxygen atoms in total. The molecule has 0 unspecified atom stereocenters. The summed E-state index contributed by atoms with van der Waals surface area (Å²) in [4.78, 5) is 14.3. The van der Waals surface area contributed by atoms with Gasteiger partial charge in [0.05, 0.1) is 19.6 Å². The molecule has 1 heterocycles. The van der Waals surface area contributed by atoms with Crippen molar-refractivity contribution in [2.75, 3.05) is 19.7 Å². The number of amides is 1. The molecule has 0 radical (unpaired) electrons. The maximum absolute atomic E-state index is 12.5. The van der Waals surface area contributed by atoms with Crippen LogP contribution in [0.25, 0.3) is 0 Å². The predicted octanol–water partition coefficient (Wildman–Crippen LogP) is 3.19. The molecule has 1 aliphatic heterocycles. The number of carbonyl (C=O) groups is 1. The highest BCUT2D eigenvalue weighted by Gasteiger charge is 2.25. The van der Waals surface area contributed by atoms with Crippen LogP contribution < -0.4 is 0 Å². The Morgan fingerprint density at radius 1 is 1.26 bits per heavy atom. The van der Waals surface area contributed by atoms with Gasteiger partial charge >= 0.3 is 0 Å². The third-order valence-electron chi connectivity index (χ3n) is 3.93. The number of carbonyl (C=O) groups excluding carboxylic acids is 1. The van der Waals surface area contributed by atoms with Crippen LogP contribution >= 0.6 is 11.6 Å². The largest absolute Gasteiger partial charge is 0.508 e. The van der Waals surface area contributed by atoms with Gasteiger partial charge in [-0.2, -0.15) is 0 Å². The second-order valence-corrected chi connectivity index (χ2v) is 6.03. The second-order valence-electron chi connectivity index (χ2n) is 5.60. The van der Waals surface area contributed by atoms with Crippen LogP contribution in [-0.4, -0.2) is 35.6 Å². The van der Waals surface area contributed by atoms with Gasteiger partial charge in [0.25, 0.3) is 0 Å². The number of phenolic OH excluding ortho intramolecular Hbond substituents is 1. The van der Waals surface area contributed by atoms with Crippen LogP contribution in [0.4, 0.5) is 0 Å². The highest BCUT2D eigenvalue weighted by molar-refractivity contribution is 6.30. The number of benzene rings is 2. The minimum absolute atomic E-state index is 0.0611. The van der Waals surface area contributed by atoms with Crippen LogP contribution in [0, 0.1) is 0 Å². The fourth-order valence-corrected chi connectivity index (χ4v) is 2.88. The van der Waals surface area contributed by atoms with E-state index in [0.29, 0.717) is 31.1 Å². The highest BCUT2D eigenvalue weighted by Crippen LogP contribution is 2.25. The first-order valence-electron chi connectivity index (χ1n) is 7.54. The van der Waals surface area contributed by atoms with E-state index in [1.165, 1.54) is 0 Å². The molecule has 0 bridgehead atoms. The van der Waals surface area contributed by atoms with Gasteiger partial charge in [0.15, 0.2) is 0 Å². The summed E-state index contributed by atoms with van der Waals surface area (Å²) >= 11 is 6.03. The van der Waals surface area contributed by atoms with Crippen molar-refractivity contribution < 1.29 is 14.6 Å². The molecular formula is C18H18ClNO3. The molecule has 0 spiro atoms. The van der Waals surface area contributed by atoms with E-state index in [1.807, 2.05) is 29.2 Å². The standard InChI is InChI=1S/C18H18ClNO3/c19-15-3-1-2-14(11-15)17-12-20(8-9-23-17)18(22)10-13-4-6-16(21)7-5-13/h1-7,11,17,21H,8-10,12H2/t17-/m0/s1. The lowest BCUT2D eigenvalue weighted by atomic mass is 10.1. The first-order valence-corrected chi connectivity index (χ1v) is 7.92. The Labute approximate surface area is 140 Å². The van der Waals surface area contributed by atoms with Crippen LogP contribution in [-0.2, 0) is 16.0 Å². The van der Waals surface area contributed by atoms with E-state index in [0.717, 1.165) is 11.1 Å². The van der Waals surface area contributed by atoms with Crippen molar-refractivity contribution in [3.63, 3.8) is 0 Å². The summed E-state index contributed by atoms with van der Waals surface area (Å²) in [6.45, 7) is 1.63. The lowest BCUT2D eigenvalue weighted by Gasteiger charge is -2.33. The van der Waals surface area contributed by atoms with Crippen molar-refractivity contribution in [3.05, 3.63) is 64.7 Å². The Bertz CT molecular complexity index is 687. The van der Waals surface area contributed by atoms with Crippen LogP contribution in [0.3, 0.4) is 0 Å². The molecule has 1 amide bonds. The molecule has 23 heavy (non-hydrogen) atoms. The number of rotatable bonds is 3. The fourth-order valence-electron chi connectivity index (χ4n) is 2.68. The molecule has 120 valence electrons. The van der Waals surface area contributed by atoms with Gasteiger partial charge in [-0.05, 0) is 35.4 Å². The summed E-state index contributed by atoms with van der Waals surface area (Å²) in [6, 6.07) is 14.3. The van der Waals surface area contributed by atoms with E-state index < -0.39 is 0 Å². The summed E-state index contributed by atoms with van der Waals surface area (Å²) in [6.07, 6.45) is 0.175. The third-order valence-corrected chi connectivity index (χ3v) is 4.17. The van der Waals surface area contributed by atoms with Crippen molar-refractivity contribution in [1.82, 2.24) is 4.90 Å². The summed E-state index contributed by atoms with van der Waals surface area (Å²) in [7, 11) is 0. The monoisotopic (exact) mass is 331 g/mol. The van der Waals surface area contributed by atoms with E-state index in [4.69, 9.17) is 16.3 Å². The summed E-state index contributed by atoms with van der Waals surface area (Å²) in [5, 5.41) is 9.97. The number of hydrogen-bond donors (Lipinski definition) is 1. The van der Waals surface area contributed by atoms with Crippen LogP contribution in [0.15, 0.2) is 48.5 Å². The Morgan fingerprint density at radius 3 is 2.78 bits per heavy atom. The van der Waals surface area contributed by atoms with Gasteiger partial charge in [0, 0.05) is 11.6 Å². The van der Waals surface area contributed by atoms with E-state index in [9.17, 15) is 9.90 Å². The smallest absolute Gasteiger partial charge is 0.227 e. The number of aromatic hydroxyl groups is 1. The summed E-state index contributed by atoms with van der Waals surface area (Å²) in [5.41, 5.74) is 1.87. The Hall–Kier alpha value is -2.04. The topological polar surface area (TPSA) is 49.8 Å². The lowest BCUT2D eigenvalue weighted by molar-refractivity contribution is -0.138. The molecule has 3 rings (SSSR count). The zero-order chi connectivity index (χ0) is 16.2. The van der Waals surface area contributed by atoms with Crippen molar-refractivity contribution in [1.29, 1.82) is 0 Å². The fraction of sp³-hybridized carbons (Fsp3) is 0.278. The molecule has 1 saturated heterocycles. The number of phenols is 1. The van der Waals surface area contributed by atoms with Crippen LogP contribution in [0.5, 0.6) is 5.75 Å². The maximum atomic E-state index is 12.5. The van der Waals surface area contributed by atoms with Crippen molar-refractivity contribution >= 4 is 17.5 Å². The first-order chi connectivity index (χ1) is 11.1. The summed E-state index contributed by atoms with van der Waals surface area (Å²) < 4.78 is 5.78. The molecule has 2 aromatic rings. The summed E-state index contributed by atoms with van der Waals surface area (Å²) in [5.74, 6) is 0.264. The quantitative estimate of drug-likeness (QED) is 0.939. The minimum atomic E-state index is -0.147. The Morgan fingerprint density at radius 2 is 2.04 bits per heavy atom. The number of halogens is 1. The predicted molar refractivity (Wildman–Crippen MR) is 88.5 cm³/mol. The lowest BCUT2D eigenvalue weighted by Crippen LogP contribution is -2.42. The Balaban J connectivity index is 1.65. The maximum Gasteiger partial charge on any atom is 0.227 e. The molecular weight excluding hydrogens is 314 g/mol. The van der Waals surface area contributed by atoms with E-state index in [2.05, 4.69) is 0 Å². The number of morpholine rings is 1. The van der Waals surface area contributed by atoms with E-state index in [1.54, 1.807) is 24.3 Å². The first kappa shape index (κ1) is 15.8. The van der Waals surface area contributed by atoms with Gasteiger partial charge in [-0.15, -0.1) is 0 Å². The van der Waals surface area contributed by atoms with E-state index in [-0.39, 0.29) is 17.8 Å². The normalized spacial score (nSPS) is 18.0. The van der Waals surface area contributed by atoms with Gasteiger partial charge in [-0.25, -0.2) is 0 Å². The Kier molecular flexibility index (Phi) is 4.84. The molecule has 1 atom stereocenters. The SMILES string of the molecule is O=C(Cc1ccc(O)cc1)N1CCO[C@H](c2cccc(Cl)c2)C1. The van der Waals surface area contributed by atoms with Gasteiger partial charge in [0.1, 0.15) is 11.9 Å². The third kappa shape index (κ3) is 4.03. The molecule has 0 saturated carbocycles. The molecule has 2 aromatic carbocycles. The zero-order valence-electron chi connectivity index (χ0n) is 12.6. The highest BCUT2D eigenvalue weighted by atomic mass is 35.5. The average molecular weight is 332 g/mol. The van der Waals surface area contributed by atoms with Gasteiger partial charge in [0.2, 0.25) is 5.91 Å². The van der Waals surface area contributed by atoms with Gasteiger partial charge in [-0.3, -0.25) is 4.79 Å². The van der Waals surface area contributed by atoms with Crippen molar-refractivity contribution in [2.45, 2.75) is 12.5 Å². The molecule has 0 aliphatic carbocycles. The second kappa shape index (κ2) is 7.02. The van der Waals surface area contributed by atoms with Crippen LogP contribution in [0.2, 0.25) is 5.02 Å². The van der Waals surface area contributed by atoms with E-state index >= 15 is 0 Å². The van der Waals surface area contributed by atoms with Crippen molar-refractivity contribution in [2.24, 2.45) is 0 Å². The van der Waals surface area contributed by atoms with Gasteiger partial charge < -0.3 is 14.7 Å². The molecule has 1 N–H and O–H groups in total. The number of nitrogens with zero attached hydrogens (tertiary/aromatic N) is 1. The average Bonchev–Trinajstić information content (AvgIpc) is 2.57. The number of ether oxygens (including phenoxy) is 1. The molecule has 1 aliphatic rings. The molecule has 5 heteroatoms. The zero-order valence-corrected chi connectivity index (χ0v) is 13.4.